The summed E-state index contributed by atoms with van der Waals surface area (Å²) in [4.78, 5) is 0. The van der Waals surface area contributed by atoms with E-state index in [1.165, 1.54) is 12.0 Å². The maximum Gasteiger partial charge on any atom is 0.0982 e. The van der Waals surface area contributed by atoms with Gasteiger partial charge in [0.25, 0.3) is 0 Å². The zero-order valence-electron chi connectivity index (χ0n) is 19.6. The van der Waals surface area contributed by atoms with Gasteiger partial charge in [0.05, 0.1) is 28.9 Å². The van der Waals surface area contributed by atoms with Crippen molar-refractivity contribution in [3.05, 3.63) is 35.9 Å². The lowest BCUT2D eigenvalue weighted by molar-refractivity contribution is -0.0675. The molecule has 0 aliphatic heterocycles. The van der Waals surface area contributed by atoms with Crippen LogP contribution in [0.2, 0.25) is 0 Å². The molecule has 0 radical (unpaired) electrons. The summed E-state index contributed by atoms with van der Waals surface area (Å²) < 4.78 is 23.9. The fourth-order valence-electron chi connectivity index (χ4n) is 5.55. The topological polar surface area (TPSA) is 38.3 Å². The molecule has 2 aliphatic rings. The molecule has 4 heteroatoms. The lowest BCUT2D eigenvalue weighted by Crippen LogP contribution is -2.48. The monoisotopic (exact) mass is 419 g/mol. The van der Waals surface area contributed by atoms with Gasteiger partial charge < -0.3 is 4.74 Å². The minimum Gasteiger partial charge on any atom is -0.376 e. The Kier molecular flexibility index (Phi) is 6.40. The van der Waals surface area contributed by atoms with Gasteiger partial charge in [-0.3, -0.25) is 0 Å². The molecule has 3 rings (SSSR count). The second-order valence-electron chi connectivity index (χ2n) is 11.6. The Labute approximate surface area is 181 Å². The van der Waals surface area contributed by atoms with Crippen LogP contribution in [0.4, 0.5) is 0 Å². The van der Waals surface area contributed by atoms with E-state index in [1.54, 1.807) is 0 Å². The first kappa shape index (κ1) is 23.0. The number of benzene rings is 1. The van der Waals surface area contributed by atoms with Crippen LogP contribution < -0.4 is 4.72 Å². The Balaban J connectivity index is 1.87. The van der Waals surface area contributed by atoms with Crippen molar-refractivity contribution in [1.82, 2.24) is 4.72 Å². The molecule has 2 saturated carbocycles. The summed E-state index contributed by atoms with van der Waals surface area (Å²) >= 11 is 0. The Morgan fingerprint density at radius 3 is 2.34 bits per heavy atom. The molecule has 0 heterocycles. The third kappa shape index (κ3) is 4.22. The minimum absolute atomic E-state index is 0.0346. The maximum absolute atomic E-state index is 13.8. The number of rotatable bonds is 7. The van der Waals surface area contributed by atoms with Gasteiger partial charge in [-0.05, 0) is 41.1 Å². The highest BCUT2D eigenvalue weighted by molar-refractivity contribution is 7.83. The predicted octanol–water partition coefficient (Wildman–Crippen LogP) is 5.89. The summed E-state index contributed by atoms with van der Waals surface area (Å²) in [6, 6.07) is 10.5. The van der Waals surface area contributed by atoms with Crippen molar-refractivity contribution in [3.63, 3.8) is 0 Å². The molecule has 0 amide bonds. The molecule has 1 aromatic carbocycles. The Hall–Kier alpha value is -0.710. The van der Waals surface area contributed by atoms with Crippen molar-refractivity contribution in [2.45, 2.75) is 85.6 Å². The molecular formula is C25H41NO2S. The molecule has 6 atom stereocenters. The lowest BCUT2D eigenvalue weighted by atomic mass is 9.70. The van der Waals surface area contributed by atoms with Crippen LogP contribution in [0.5, 0.6) is 0 Å². The first-order valence-electron chi connectivity index (χ1n) is 11.2. The number of fused-ring (bicyclic) bond motifs is 2. The molecule has 164 valence electrons. The molecule has 1 aromatic rings. The highest BCUT2D eigenvalue weighted by atomic mass is 32.2. The molecule has 2 aliphatic carbocycles. The van der Waals surface area contributed by atoms with Crippen molar-refractivity contribution in [2.75, 3.05) is 6.61 Å². The van der Waals surface area contributed by atoms with Crippen LogP contribution >= 0.6 is 0 Å². The van der Waals surface area contributed by atoms with Crippen molar-refractivity contribution < 1.29 is 8.95 Å². The van der Waals surface area contributed by atoms with Gasteiger partial charge in [-0.2, -0.15) is 0 Å². The zero-order valence-corrected chi connectivity index (χ0v) is 20.4. The van der Waals surface area contributed by atoms with E-state index in [1.807, 2.05) is 6.07 Å². The van der Waals surface area contributed by atoms with Gasteiger partial charge in [0.1, 0.15) is 0 Å². The first-order valence-corrected chi connectivity index (χ1v) is 12.4. The second-order valence-corrected chi connectivity index (χ2v) is 13.0. The molecule has 0 aromatic heterocycles. The highest BCUT2D eigenvalue weighted by Crippen LogP contribution is 2.67. The molecule has 0 spiro atoms. The van der Waals surface area contributed by atoms with Gasteiger partial charge in [-0.25, -0.2) is 8.93 Å². The van der Waals surface area contributed by atoms with E-state index in [2.05, 4.69) is 84.4 Å². The number of hydrogen-bond acceptors (Lipinski definition) is 2. The Bertz CT molecular complexity index is 724. The highest BCUT2D eigenvalue weighted by Gasteiger charge is 2.68. The SMILES string of the molecule is CC(C)[C@H](N[S@](=O)[C@@H]1[C@H]2CC[C@@](C)([C@@H]1OCC(C)(C)C)C2(C)C)c1ccccc1. The summed E-state index contributed by atoms with van der Waals surface area (Å²) in [6.07, 6.45) is 2.35. The quantitative estimate of drug-likeness (QED) is 0.598. The van der Waals surface area contributed by atoms with Crippen molar-refractivity contribution in [2.24, 2.45) is 28.1 Å². The van der Waals surface area contributed by atoms with Gasteiger partial charge in [-0.1, -0.05) is 85.7 Å². The molecule has 29 heavy (non-hydrogen) atoms. The first-order chi connectivity index (χ1) is 13.4. The fourth-order valence-corrected chi connectivity index (χ4v) is 7.75. The van der Waals surface area contributed by atoms with E-state index < -0.39 is 11.0 Å². The van der Waals surface area contributed by atoms with Gasteiger partial charge >= 0.3 is 0 Å². The zero-order chi connectivity index (χ0) is 21.6. The van der Waals surface area contributed by atoms with Crippen LogP contribution in [-0.4, -0.2) is 22.2 Å². The summed E-state index contributed by atoms with van der Waals surface area (Å²) in [6.45, 7) is 18.8. The van der Waals surface area contributed by atoms with E-state index in [0.717, 1.165) is 6.42 Å². The van der Waals surface area contributed by atoms with Crippen molar-refractivity contribution >= 4 is 11.0 Å². The van der Waals surface area contributed by atoms with Crippen LogP contribution in [0.15, 0.2) is 30.3 Å². The maximum atomic E-state index is 13.8. The third-order valence-corrected chi connectivity index (χ3v) is 9.26. The molecule has 0 unspecified atom stereocenters. The van der Waals surface area contributed by atoms with Crippen molar-refractivity contribution in [3.8, 4) is 0 Å². The second kappa shape index (κ2) is 8.09. The number of hydrogen-bond donors (Lipinski definition) is 1. The molecular weight excluding hydrogens is 378 g/mol. The van der Waals surface area contributed by atoms with Crippen LogP contribution in [-0.2, 0) is 15.7 Å². The standard InChI is InChI=1S/C25H41NO2S/c1-17(2)20(18-12-10-9-11-13-18)26-29(27)21-19-14-15-25(8,24(19,6)7)22(21)28-16-23(3,4)5/h9-13,17,19-22,26H,14-16H2,1-8H3/t19-,20+,21-,22-,25+,29-/m1/s1. The molecule has 2 bridgehead atoms. The van der Waals surface area contributed by atoms with Gasteiger partial charge in [0.2, 0.25) is 0 Å². The Morgan fingerprint density at radius 1 is 1.17 bits per heavy atom. The summed E-state index contributed by atoms with van der Waals surface area (Å²) in [5.41, 5.74) is 1.52. The largest absolute Gasteiger partial charge is 0.376 e. The van der Waals surface area contributed by atoms with E-state index in [-0.39, 0.29) is 33.6 Å². The molecule has 0 saturated heterocycles. The molecule has 3 nitrogen and oxygen atoms in total. The van der Waals surface area contributed by atoms with Crippen LogP contribution in [0, 0.1) is 28.1 Å². The average Bonchev–Trinajstić information content (AvgIpc) is 2.95. The number of nitrogens with one attached hydrogen (secondary N) is 1. The van der Waals surface area contributed by atoms with Gasteiger partial charge in [0.15, 0.2) is 0 Å². The lowest BCUT2D eigenvalue weighted by Gasteiger charge is -2.41. The van der Waals surface area contributed by atoms with Crippen LogP contribution in [0.1, 0.15) is 79.8 Å². The van der Waals surface area contributed by atoms with Gasteiger partial charge in [0, 0.05) is 11.5 Å². The average molecular weight is 420 g/mol. The Morgan fingerprint density at radius 2 is 1.79 bits per heavy atom. The molecule has 1 N–H and O–H groups in total. The molecule has 2 fully saturated rings. The fraction of sp³-hybridized carbons (Fsp3) is 0.760. The van der Waals surface area contributed by atoms with Crippen LogP contribution in [0.3, 0.4) is 0 Å². The van der Waals surface area contributed by atoms with E-state index in [0.29, 0.717) is 18.4 Å². The normalized spacial score (nSPS) is 33.2. The smallest absolute Gasteiger partial charge is 0.0982 e. The number of ether oxygens (including phenoxy) is 1. The van der Waals surface area contributed by atoms with Crippen LogP contribution in [0.25, 0.3) is 0 Å². The van der Waals surface area contributed by atoms with E-state index >= 15 is 0 Å². The van der Waals surface area contributed by atoms with Gasteiger partial charge in [-0.15, -0.1) is 0 Å². The summed E-state index contributed by atoms with van der Waals surface area (Å²) in [5, 5.41) is 0.0380. The van der Waals surface area contributed by atoms with E-state index in [9.17, 15) is 4.21 Å². The van der Waals surface area contributed by atoms with E-state index in [4.69, 9.17) is 4.74 Å². The third-order valence-electron chi connectivity index (χ3n) is 7.71. The van der Waals surface area contributed by atoms with Crippen molar-refractivity contribution in [1.29, 1.82) is 0 Å². The summed E-state index contributed by atoms with van der Waals surface area (Å²) in [5.74, 6) is 0.784. The minimum atomic E-state index is -1.15. The predicted molar refractivity (Wildman–Crippen MR) is 123 cm³/mol. The summed E-state index contributed by atoms with van der Waals surface area (Å²) in [7, 11) is -1.15.